The normalized spacial score (nSPS) is 15.0. The van der Waals surface area contributed by atoms with Crippen molar-refractivity contribution in [3.63, 3.8) is 0 Å². The fourth-order valence-corrected chi connectivity index (χ4v) is 27.3. The summed E-state index contributed by atoms with van der Waals surface area (Å²) < 4.78 is 14.8. The molecule has 0 atom stereocenters. The smallest absolute Gasteiger partial charge is 0.144 e. The van der Waals surface area contributed by atoms with Gasteiger partial charge in [-0.2, -0.15) is 0 Å². The van der Waals surface area contributed by atoms with E-state index in [4.69, 9.17) is 8.83 Å². The highest BCUT2D eigenvalue weighted by Gasteiger charge is 2.50. The predicted octanol–water partition coefficient (Wildman–Crippen LogP) is 39.3. The maximum atomic E-state index is 7.42. The second-order valence-electron chi connectivity index (χ2n) is 45.3. The summed E-state index contributed by atoms with van der Waals surface area (Å²) in [6, 6.07) is 161. The zero-order valence-electron chi connectivity index (χ0n) is 84.2. The Kier molecular flexibility index (Phi) is 18.2. The van der Waals surface area contributed by atoms with Gasteiger partial charge in [0.2, 0.25) is 0 Å². The average molecular weight is 1870 g/mol. The monoisotopic (exact) mass is 1870 g/mol. The van der Waals surface area contributed by atoms with Crippen LogP contribution in [0.4, 0.5) is 0 Å². The summed E-state index contributed by atoms with van der Waals surface area (Å²) in [6.07, 6.45) is 0. The largest absolute Gasteiger partial charge is 0.455 e. The van der Waals surface area contributed by atoms with Gasteiger partial charge in [-0.3, -0.25) is 0 Å². The van der Waals surface area contributed by atoms with E-state index in [1.54, 1.807) is 0 Å². The standard InChI is InChI=1S/C144H106O2/c1-139(2)119-73-91(47-55-105(119)109-59-51-95(77-123(109)139)103-69-99(85-35-21-15-22-36-85)67-101(71-103)89-41-29-39-87(65-89)83-31-17-13-18-32-83)93-49-57-107-111-61-53-97(79-125(111)141(5,6)121(107)75-93)117-81-127-133(137-131(117)113-43-25-27-45-129(113)145-137)115-63-64-116-134-128(144(11,12)136(116)135(115)143(127,9)10)82-118(132-114-44-26-28-46-130(114)146-138(132)134)98-54-62-112-108-58-50-94(76-122(108)142(7,8)126(112)80-98)92-48-56-106-110-60-52-96(78-124(110)140(3,4)120(106)74-92)104-70-100(86-37-23-16-24-38-86)68-102(72-104)90-42-30-40-88(66-90)84-33-19-14-20-34-84/h13-82H,1-12H3. The Balaban J connectivity index is 0.471. The van der Waals surface area contributed by atoms with Crippen LogP contribution >= 0.6 is 0 Å². The van der Waals surface area contributed by atoms with Gasteiger partial charge in [-0.1, -0.05) is 386 Å². The first kappa shape index (κ1) is 85.9. The molecule has 23 aromatic rings. The zero-order valence-corrected chi connectivity index (χ0v) is 84.2. The average Bonchev–Trinajstić information content (AvgIpc) is 1.50. The molecule has 2 aromatic heterocycles. The summed E-state index contributed by atoms with van der Waals surface area (Å²) in [5.74, 6) is 0. The molecule has 0 bridgehead atoms. The van der Waals surface area contributed by atoms with Crippen molar-refractivity contribution < 1.29 is 8.83 Å². The van der Waals surface area contributed by atoms with Crippen molar-refractivity contribution in [1.29, 1.82) is 0 Å². The minimum Gasteiger partial charge on any atom is -0.455 e. The molecular formula is C144H106O2. The molecule has 694 valence electrons. The molecule has 0 spiro atoms. The van der Waals surface area contributed by atoms with E-state index in [-0.39, 0.29) is 21.7 Å². The molecule has 146 heavy (non-hydrogen) atoms. The quantitative estimate of drug-likeness (QED) is 0.122. The summed E-state index contributed by atoms with van der Waals surface area (Å²) in [7, 11) is 0. The molecule has 2 heteroatoms. The number of fused-ring (bicyclic) bond motifs is 27. The van der Waals surface area contributed by atoms with Gasteiger partial charge in [-0.05, 0) is 377 Å². The lowest BCUT2D eigenvalue weighted by atomic mass is 9.72. The van der Waals surface area contributed by atoms with E-state index >= 15 is 0 Å². The molecule has 0 saturated heterocycles. The third kappa shape index (κ3) is 12.5. The molecule has 6 aliphatic carbocycles. The van der Waals surface area contributed by atoms with Crippen molar-refractivity contribution in [3.05, 3.63) is 491 Å². The van der Waals surface area contributed by atoms with Crippen molar-refractivity contribution in [3.8, 4) is 200 Å². The highest BCUT2D eigenvalue weighted by Crippen LogP contribution is 2.66. The third-order valence-corrected chi connectivity index (χ3v) is 35.0. The van der Waals surface area contributed by atoms with Gasteiger partial charge in [0.25, 0.3) is 0 Å². The first-order valence-corrected chi connectivity index (χ1v) is 51.9. The minimum atomic E-state index is -0.457. The van der Waals surface area contributed by atoms with Gasteiger partial charge in [0.1, 0.15) is 22.3 Å². The van der Waals surface area contributed by atoms with E-state index in [1.165, 1.54) is 267 Å². The first-order valence-electron chi connectivity index (χ1n) is 51.9. The van der Waals surface area contributed by atoms with Crippen LogP contribution in [0.3, 0.4) is 0 Å². The van der Waals surface area contributed by atoms with Gasteiger partial charge in [0, 0.05) is 65.2 Å². The van der Waals surface area contributed by atoms with Gasteiger partial charge in [0.15, 0.2) is 0 Å². The minimum absolute atomic E-state index is 0.256. The summed E-state index contributed by atoms with van der Waals surface area (Å²) in [5, 5.41) is 4.57. The SMILES string of the molecule is CC1(C)c2cc(-c3cc(-c4ccccc4)cc(-c4cccc(-c5ccccc5)c4)c3)ccc2-c2ccc(-c3ccc4c(c3)C(C)(C)c3cc(-c5cc6c(c7oc8ccccc8c57)-c5ccc7c(c5C6(C)C)C(C)(C)c5cc(-c6ccc8c(c6)C(C)(C)c6cc(-c9ccc%10c(c9)C(C)(C)c9cc(-c%11cc(-c%12ccccc%12)cc(-c%12cccc(-c%13ccccc%13)c%12)c%11)ccc9-%10)ccc6-8)c6c(oc8ccccc86)c5-7)ccc3-4)cc21. The maximum Gasteiger partial charge on any atom is 0.144 e. The van der Waals surface area contributed by atoms with E-state index in [1.807, 2.05) is 0 Å². The van der Waals surface area contributed by atoms with Crippen LogP contribution in [0.5, 0.6) is 0 Å². The highest BCUT2D eigenvalue weighted by atomic mass is 16.3. The van der Waals surface area contributed by atoms with Crippen LogP contribution in [0.15, 0.2) is 433 Å². The first-order chi connectivity index (χ1) is 70.8. The van der Waals surface area contributed by atoms with Crippen LogP contribution < -0.4 is 0 Å². The summed E-state index contributed by atoms with van der Waals surface area (Å²) in [4.78, 5) is 0. The second-order valence-corrected chi connectivity index (χ2v) is 45.3. The molecular weight excluding hydrogens is 1760 g/mol. The van der Waals surface area contributed by atoms with Gasteiger partial charge >= 0.3 is 0 Å². The lowest BCUT2D eigenvalue weighted by molar-refractivity contribution is 0.600. The summed E-state index contributed by atoms with van der Waals surface area (Å²) in [5.41, 5.74) is 62.0. The van der Waals surface area contributed by atoms with Crippen LogP contribution in [0.25, 0.3) is 244 Å². The molecule has 0 radical (unpaired) electrons. The van der Waals surface area contributed by atoms with Crippen molar-refractivity contribution in [2.24, 2.45) is 0 Å². The number of hydrogen-bond acceptors (Lipinski definition) is 2. The Labute approximate surface area is 853 Å². The lowest BCUT2D eigenvalue weighted by Gasteiger charge is -2.31. The molecule has 0 N–H and O–H groups in total. The Morgan fingerprint density at radius 2 is 0.336 bits per heavy atom. The van der Waals surface area contributed by atoms with E-state index < -0.39 is 10.8 Å². The predicted molar refractivity (Wildman–Crippen MR) is 612 cm³/mol. The maximum absolute atomic E-state index is 7.42. The van der Waals surface area contributed by atoms with Gasteiger partial charge < -0.3 is 8.83 Å². The van der Waals surface area contributed by atoms with Crippen LogP contribution in [-0.2, 0) is 32.5 Å². The third-order valence-electron chi connectivity index (χ3n) is 35.0. The van der Waals surface area contributed by atoms with Gasteiger partial charge in [-0.15, -0.1) is 0 Å². The van der Waals surface area contributed by atoms with E-state index in [2.05, 4.69) is 508 Å². The van der Waals surface area contributed by atoms with Crippen LogP contribution in [0.1, 0.15) is 150 Å². The number of furan rings is 2. The number of rotatable bonds is 12. The van der Waals surface area contributed by atoms with Crippen LogP contribution in [-0.4, -0.2) is 0 Å². The molecule has 2 nitrogen and oxygen atoms in total. The molecule has 0 amide bonds. The molecule has 0 saturated carbocycles. The van der Waals surface area contributed by atoms with Crippen molar-refractivity contribution in [2.75, 3.05) is 0 Å². The number of benzene rings is 21. The zero-order chi connectivity index (χ0) is 98.2. The molecule has 0 fully saturated rings. The fourth-order valence-electron chi connectivity index (χ4n) is 27.3. The summed E-state index contributed by atoms with van der Waals surface area (Å²) in [6.45, 7) is 29.4. The van der Waals surface area contributed by atoms with Gasteiger partial charge in [0.05, 0.1) is 0 Å². The van der Waals surface area contributed by atoms with E-state index in [0.717, 1.165) is 43.9 Å². The van der Waals surface area contributed by atoms with Crippen molar-refractivity contribution >= 4 is 43.9 Å². The molecule has 0 unspecified atom stereocenters. The van der Waals surface area contributed by atoms with Crippen LogP contribution in [0.2, 0.25) is 0 Å². The van der Waals surface area contributed by atoms with Gasteiger partial charge in [-0.25, -0.2) is 0 Å². The van der Waals surface area contributed by atoms with Crippen molar-refractivity contribution in [1.82, 2.24) is 0 Å². The topological polar surface area (TPSA) is 26.3 Å². The molecule has 0 aliphatic heterocycles. The van der Waals surface area contributed by atoms with Crippen molar-refractivity contribution in [2.45, 2.75) is 116 Å². The fraction of sp³-hybridized carbons (Fsp3) is 0.125. The molecule has 2 heterocycles. The Hall–Kier alpha value is -16.8. The Bertz CT molecular complexity index is 9080. The Morgan fingerprint density at radius 3 is 0.616 bits per heavy atom. The van der Waals surface area contributed by atoms with Crippen LogP contribution in [0, 0.1) is 0 Å². The van der Waals surface area contributed by atoms with E-state index in [0.29, 0.717) is 0 Å². The number of hydrogen-bond donors (Lipinski definition) is 0. The summed E-state index contributed by atoms with van der Waals surface area (Å²) >= 11 is 0. The Morgan fingerprint density at radius 1 is 0.137 bits per heavy atom. The van der Waals surface area contributed by atoms with E-state index in [9.17, 15) is 0 Å². The number of para-hydroxylation sites is 2. The highest BCUT2D eigenvalue weighted by molar-refractivity contribution is 6.21. The lowest BCUT2D eigenvalue weighted by Crippen LogP contribution is -2.24. The molecule has 21 aromatic carbocycles. The molecule has 29 rings (SSSR count). The molecule has 6 aliphatic rings. The second kappa shape index (κ2) is 30.9.